The van der Waals surface area contributed by atoms with Crippen molar-refractivity contribution in [1.29, 1.82) is 0 Å². The minimum absolute atomic E-state index is 0.207. The van der Waals surface area contributed by atoms with Crippen molar-refractivity contribution >= 4 is 12.1 Å². The molecule has 0 saturated heterocycles. The average molecular weight is 422 g/mol. The number of esters is 1. The Morgan fingerprint density at radius 2 is 1.70 bits per heavy atom. The molecule has 0 radical (unpaired) electrons. The minimum Gasteiger partial charge on any atom is -0.497 e. The first-order chi connectivity index (χ1) is 14.2. The van der Waals surface area contributed by atoms with E-state index in [2.05, 4.69) is 5.32 Å². The van der Waals surface area contributed by atoms with Gasteiger partial charge in [0, 0.05) is 0 Å². The van der Waals surface area contributed by atoms with Crippen molar-refractivity contribution in [1.82, 2.24) is 5.32 Å². The molecule has 1 amide bonds. The lowest BCUT2D eigenvalue weighted by molar-refractivity contribution is -0.143. The Kier molecular flexibility index (Phi) is 8.96. The number of nitrogens with one attached hydrogen (secondary N) is 1. The summed E-state index contributed by atoms with van der Waals surface area (Å²) in [6.07, 6.45) is 3.89. The molecule has 7 nitrogen and oxygen atoms in total. The van der Waals surface area contributed by atoms with Crippen LogP contribution in [0.1, 0.15) is 58.4 Å². The van der Waals surface area contributed by atoms with E-state index in [4.69, 9.17) is 18.9 Å². The van der Waals surface area contributed by atoms with Gasteiger partial charge in [-0.15, -0.1) is 0 Å². The van der Waals surface area contributed by atoms with E-state index < -0.39 is 23.7 Å². The Hall–Kier alpha value is -2.28. The number of benzene rings is 1. The fourth-order valence-corrected chi connectivity index (χ4v) is 3.61. The van der Waals surface area contributed by atoms with Crippen molar-refractivity contribution in [3.63, 3.8) is 0 Å². The number of carbonyl (C=O) groups excluding carboxylic acids is 2. The number of methoxy groups -OCH3 is 2. The molecule has 1 aliphatic rings. The molecule has 1 saturated carbocycles. The number of ether oxygens (including phenoxy) is 4. The Morgan fingerprint density at radius 3 is 2.23 bits per heavy atom. The van der Waals surface area contributed by atoms with Crippen LogP contribution >= 0.6 is 0 Å². The van der Waals surface area contributed by atoms with Crippen LogP contribution in [0.2, 0.25) is 0 Å². The van der Waals surface area contributed by atoms with E-state index >= 15 is 0 Å². The van der Waals surface area contributed by atoms with Crippen molar-refractivity contribution < 1.29 is 28.5 Å². The maximum atomic E-state index is 12.1. The monoisotopic (exact) mass is 421 g/mol. The zero-order valence-corrected chi connectivity index (χ0v) is 18.7. The lowest BCUT2D eigenvalue weighted by Gasteiger charge is -2.31. The topological polar surface area (TPSA) is 83.1 Å². The summed E-state index contributed by atoms with van der Waals surface area (Å²) in [6.45, 7) is 5.93. The largest absolute Gasteiger partial charge is 0.497 e. The van der Waals surface area contributed by atoms with Crippen LogP contribution < -0.4 is 10.1 Å². The lowest BCUT2D eigenvalue weighted by Crippen LogP contribution is -2.45. The zero-order chi connectivity index (χ0) is 22.1. The van der Waals surface area contributed by atoms with Gasteiger partial charge in [0.25, 0.3) is 0 Å². The highest BCUT2D eigenvalue weighted by molar-refractivity contribution is 5.81. The maximum absolute atomic E-state index is 12.1. The molecule has 0 heterocycles. The van der Waals surface area contributed by atoms with E-state index in [-0.39, 0.29) is 6.10 Å². The van der Waals surface area contributed by atoms with Gasteiger partial charge < -0.3 is 24.3 Å². The summed E-state index contributed by atoms with van der Waals surface area (Å²) in [7, 11) is 2.98. The van der Waals surface area contributed by atoms with Gasteiger partial charge in [0.1, 0.15) is 17.4 Å². The van der Waals surface area contributed by atoms with Crippen molar-refractivity contribution in [2.45, 2.75) is 77.2 Å². The molecule has 2 rings (SSSR count). The Labute approximate surface area is 179 Å². The van der Waals surface area contributed by atoms with Gasteiger partial charge in [0.15, 0.2) is 0 Å². The van der Waals surface area contributed by atoms with Crippen molar-refractivity contribution in [2.24, 2.45) is 5.92 Å². The normalized spacial score (nSPS) is 20.2. The molecule has 1 aromatic rings. The van der Waals surface area contributed by atoms with E-state index in [9.17, 15) is 9.59 Å². The van der Waals surface area contributed by atoms with Gasteiger partial charge in [0.2, 0.25) is 0 Å². The summed E-state index contributed by atoms with van der Waals surface area (Å²) < 4.78 is 21.4. The smallest absolute Gasteiger partial charge is 0.408 e. The molecule has 30 heavy (non-hydrogen) atoms. The molecule has 0 unspecified atom stereocenters. The highest BCUT2D eigenvalue weighted by Gasteiger charge is 2.30. The van der Waals surface area contributed by atoms with Crippen molar-refractivity contribution in [3.8, 4) is 5.75 Å². The summed E-state index contributed by atoms with van der Waals surface area (Å²) in [6, 6.07) is 7.17. The van der Waals surface area contributed by atoms with E-state index in [1.54, 1.807) is 27.9 Å². The van der Waals surface area contributed by atoms with Gasteiger partial charge in [0.05, 0.1) is 26.9 Å². The van der Waals surface area contributed by atoms with Gasteiger partial charge in [-0.05, 0) is 76.5 Å². The highest BCUT2D eigenvalue weighted by atomic mass is 16.6. The summed E-state index contributed by atoms with van der Waals surface area (Å²) in [5, 5.41) is 2.66. The third kappa shape index (κ3) is 8.22. The number of rotatable bonds is 8. The Morgan fingerprint density at radius 1 is 1.07 bits per heavy atom. The minimum atomic E-state index is -0.702. The highest BCUT2D eigenvalue weighted by Crippen LogP contribution is 2.30. The molecule has 1 atom stereocenters. The molecule has 1 aliphatic carbocycles. The molecule has 0 aliphatic heterocycles. The van der Waals surface area contributed by atoms with E-state index in [0.717, 1.165) is 37.0 Å². The molecule has 0 aromatic heterocycles. The standard InChI is InChI=1S/C23H35NO6/c1-23(2,3)30-22(26)24-20(21(25)28-5)14-16-6-12-19(13-7-16)29-15-17-8-10-18(27-4)11-9-17/h8-11,16,19-20H,6-7,12-15H2,1-5H3,(H,24,26)/t16-,19-,20-/m0/s1. The molecule has 0 bridgehead atoms. The van der Waals surface area contributed by atoms with Crippen LogP contribution in [0.25, 0.3) is 0 Å². The second kappa shape index (κ2) is 11.2. The molecule has 1 aromatic carbocycles. The fraction of sp³-hybridized carbons (Fsp3) is 0.652. The summed E-state index contributed by atoms with van der Waals surface area (Å²) in [5.41, 5.74) is 0.495. The van der Waals surface area contributed by atoms with E-state index in [1.165, 1.54) is 7.11 Å². The van der Waals surface area contributed by atoms with Crippen molar-refractivity contribution in [2.75, 3.05) is 14.2 Å². The second-order valence-electron chi connectivity index (χ2n) is 8.76. The van der Waals surface area contributed by atoms with Gasteiger partial charge >= 0.3 is 12.1 Å². The predicted molar refractivity (Wildman–Crippen MR) is 113 cm³/mol. The first-order valence-electron chi connectivity index (χ1n) is 10.5. The summed E-state index contributed by atoms with van der Waals surface area (Å²) in [4.78, 5) is 24.2. The first kappa shape index (κ1) is 24.0. The predicted octanol–water partition coefficient (Wildman–Crippen LogP) is 4.23. The van der Waals surface area contributed by atoms with Gasteiger partial charge in [-0.3, -0.25) is 0 Å². The molecular weight excluding hydrogens is 386 g/mol. The van der Waals surface area contributed by atoms with E-state index in [1.807, 2.05) is 24.3 Å². The van der Waals surface area contributed by atoms with Gasteiger partial charge in [-0.2, -0.15) is 0 Å². The zero-order valence-electron chi connectivity index (χ0n) is 18.7. The van der Waals surface area contributed by atoms with Crippen molar-refractivity contribution in [3.05, 3.63) is 29.8 Å². The van der Waals surface area contributed by atoms with Crippen LogP contribution in [0, 0.1) is 5.92 Å². The quantitative estimate of drug-likeness (QED) is 0.633. The maximum Gasteiger partial charge on any atom is 0.408 e. The SMILES string of the molecule is COC(=O)[C@H](C[C@H]1CC[C@H](OCc2ccc(OC)cc2)CC1)NC(=O)OC(C)(C)C. The number of amides is 1. The van der Waals surface area contributed by atoms with Crippen LogP contribution in [-0.4, -0.2) is 44.0 Å². The number of hydrogen-bond donors (Lipinski definition) is 1. The number of alkyl carbamates (subject to hydrolysis) is 1. The van der Waals surface area contributed by atoms with Crippen LogP contribution in [0.5, 0.6) is 5.75 Å². The third-order valence-electron chi connectivity index (χ3n) is 5.18. The molecule has 1 fully saturated rings. The lowest BCUT2D eigenvalue weighted by atomic mass is 9.83. The summed E-state index contributed by atoms with van der Waals surface area (Å²) >= 11 is 0. The molecule has 1 N–H and O–H groups in total. The van der Waals surface area contributed by atoms with Crippen LogP contribution in [-0.2, 0) is 25.6 Å². The third-order valence-corrected chi connectivity index (χ3v) is 5.18. The average Bonchev–Trinajstić information content (AvgIpc) is 2.71. The van der Waals surface area contributed by atoms with Crippen LogP contribution in [0.3, 0.4) is 0 Å². The summed E-state index contributed by atoms with van der Waals surface area (Å²) in [5.74, 6) is 0.711. The van der Waals surface area contributed by atoms with E-state index in [0.29, 0.717) is 18.9 Å². The van der Waals surface area contributed by atoms with Gasteiger partial charge in [-0.25, -0.2) is 9.59 Å². The molecule has 7 heteroatoms. The molecular formula is C23H35NO6. The Balaban J connectivity index is 1.78. The number of carbonyl (C=O) groups is 2. The van der Waals surface area contributed by atoms with Crippen LogP contribution in [0.15, 0.2) is 24.3 Å². The molecule has 168 valence electrons. The first-order valence-corrected chi connectivity index (χ1v) is 10.5. The molecule has 0 spiro atoms. The van der Waals surface area contributed by atoms with Crippen LogP contribution in [0.4, 0.5) is 4.79 Å². The number of hydrogen-bond acceptors (Lipinski definition) is 6. The Bertz CT molecular complexity index is 674. The van der Waals surface area contributed by atoms with Gasteiger partial charge in [-0.1, -0.05) is 12.1 Å². The second-order valence-corrected chi connectivity index (χ2v) is 8.76. The fourth-order valence-electron chi connectivity index (χ4n) is 3.61.